The largest absolute Gasteiger partial charge is 0.464 e. The Labute approximate surface area is 117 Å². The number of aryl methyl sites for hydroxylation is 1. The molecule has 2 aromatic heterocycles. The lowest BCUT2D eigenvalue weighted by Gasteiger charge is -2.02. The fraction of sp³-hybridized carbons (Fsp3) is 0.167. The van der Waals surface area contributed by atoms with Crippen molar-refractivity contribution in [3.8, 4) is 0 Å². The molecule has 0 atom stereocenters. The summed E-state index contributed by atoms with van der Waals surface area (Å²) in [6.45, 7) is 1.91. The zero-order valence-corrected chi connectivity index (χ0v) is 11.7. The fourth-order valence-electron chi connectivity index (χ4n) is 1.72. The van der Waals surface area contributed by atoms with E-state index >= 15 is 0 Å². The highest BCUT2D eigenvalue weighted by Gasteiger charge is 2.14. The first-order valence-corrected chi connectivity index (χ1v) is 6.27. The number of amides is 1. The van der Waals surface area contributed by atoms with Gasteiger partial charge in [-0.05, 0) is 41.1 Å². The highest BCUT2D eigenvalue weighted by Crippen LogP contribution is 2.15. The Morgan fingerprint density at radius 1 is 1.58 bits per heavy atom. The van der Waals surface area contributed by atoms with Crippen molar-refractivity contribution in [3.05, 3.63) is 56.3 Å². The Kier molecular flexibility index (Phi) is 3.87. The van der Waals surface area contributed by atoms with Crippen LogP contribution in [0.5, 0.6) is 0 Å². The number of nitrogens with one attached hydrogen (secondary N) is 1. The molecule has 3 N–H and O–H groups in total. The van der Waals surface area contributed by atoms with Crippen molar-refractivity contribution in [1.29, 1.82) is 0 Å². The monoisotopic (exact) mass is 325 g/mol. The normalized spacial score (nSPS) is 10.5. The average molecular weight is 326 g/mol. The number of halogens is 1. The van der Waals surface area contributed by atoms with Gasteiger partial charge in [-0.1, -0.05) is 0 Å². The first-order chi connectivity index (χ1) is 9.02. The van der Waals surface area contributed by atoms with Gasteiger partial charge in [0.1, 0.15) is 11.5 Å². The average Bonchev–Trinajstić information content (AvgIpc) is 2.75. The number of hydrazine groups is 1. The second-order valence-electron chi connectivity index (χ2n) is 3.95. The first kappa shape index (κ1) is 13.6. The molecule has 0 aromatic carbocycles. The molecule has 6 nitrogen and oxygen atoms in total. The van der Waals surface area contributed by atoms with Crippen molar-refractivity contribution in [2.24, 2.45) is 5.84 Å². The smallest absolute Gasteiger partial charge is 0.268 e. The van der Waals surface area contributed by atoms with Crippen LogP contribution in [0, 0.1) is 6.92 Å². The van der Waals surface area contributed by atoms with E-state index in [2.05, 4.69) is 15.9 Å². The summed E-state index contributed by atoms with van der Waals surface area (Å²) in [5.41, 5.74) is 2.24. The number of carbonyl (C=O) groups excluding carboxylic acids is 1. The molecule has 0 aliphatic rings. The summed E-state index contributed by atoms with van der Waals surface area (Å²) in [7, 11) is 0. The molecule has 2 rings (SSSR count). The Hall–Kier alpha value is -1.86. The molecule has 7 heteroatoms. The SMILES string of the molecule is Cc1oc(Cn2cccc(Br)c2=O)cc1C(=O)NN. The van der Waals surface area contributed by atoms with Crippen LogP contribution in [0.1, 0.15) is 21.9 Å². The molecular weight excluding hydrogens is 314 g/mol. The second kappa shape index (κ2) is 5.41. The predicted octanol–water partition coefficient (Wildman–Crippen LogP) is 1.16. The van der Waals surface area contributed by atoms with E-state index in [0.717, 1.165) is 0 Å². The molecule has 0 unspecified atom stereocenters. The summed E-state index contributed by atoms with van der Waals surface area (Å²) in [6.07, 6.45) is 1.65. The van der Waals surface area contributed by atoms with E-state index in [1.807, 2.05) is 5.43 Å². The van der Waals surface area contributed by atoms with Crippen LogP contribution in [-0.2, 0) is 6.54 Å². The van der Waals surface area contributed by atoms with Crippen LogP contribution < -0.4 is 16.8 Å². The number of pyridine rings is 1. The van der Waals surface area contributed by atoms with Crippen LogP contribution in [0.15, 0.2) is 38.1 Å². The van der Waals surface area contributed by atoms with Crippen molar-refractivity contribution in [3.63, 3.8) is 0 Å². The molecular formula is C12H12BrN3O3. The Morgan fingerprint density at radius 2 is 2.32 bits per heavy atom. The number of carbonyl (C=O) groups is 1. The van der Waals surface area contributed by atoms with Gasteiger partial charge in [-0.25, -0.2) is 5.84 Å². The maximum atomic E-state index is 11.8. The molecule has 1 amide bonds. The van der Waals surface area contributed by atoms with Crippen molar-refractivity contribution < 1.29 is 9.21 Å². The fourth-order valence-corrected chi connectivity index (χ4v) is 2.11. The minimum Gasteiger partial charge on any atom is -0.464 e. The van der Waals surface area contributed by atoms with Crippen molar-refractivity contribution >= 4 is 21.8 Å². The summed E-state index contributed by atoms with van der Waals surface area (Å²) in [4.78, 5) is 23.3. The highest BCUT2D eigenvalue weighted by molar-refractivity contribution is 9.10. The molecule has 0 spiro atoms. The van der Waals surface area contributed by atoms with Crippen LogP contribution >= 0.6 is 15.9 Å². The number of rotatable bonds is 3. The van der Waals surface area contributed by atoms with Crippen LogP contribution in [-0.4, -0.2) is 10.5 Å². The lowest BCUT2D eigenvalue weighted by atomic mass is 10.2. The highest BCUT2D eigenvalue weighted by atomic mass is 79.9. The standard InChI is InChI=1S/C12H12BrN3O3/c1-7-9(11(17)15-14)5-8(19-7)6-16-4-2-3-10(13)12(16)18/h2-5H,6,14H2,1H3,(H,15,17). The van der Waals surface area contributed by atoms with E-state index in [1.165, 1.54) is 4.57 Å². The number of nitrogens with zero attached hydrogens (tertiary/aromatic N) is 1. The van der Waals surface area contributed by atoms with Crippen molar-refractivity contribution in [2.45, 2.75) is 13.5 Å². The molecule has 0 bridgehead atoms. The number of nitrogens with two attached hydrogens (primary N) is 1. The summed E-state index contributed by atoms with van der Waals surface area (Å²) >= 11 is 3.17. The minimum absolute atomic E-state index is 0.165. The van der Waals surface area contributed by atoms with Crippen molar-refractivity contribution in [1.82, 2.24) is 9.99 Å². The molecule has 100 valence electrons. The molecule has 0 aliphatic heterocycles. The summed E-state index contributed by atoms with van der Waals surface area (Å²) in [6, 6.07) is 4.99. The minimum atomic E-state index is -0.422. The molecule has 2 aromatic rings. The Balaban J connectivity index is 2.32. The van der Waals surface area contributed by atoms with Gasteiger partial charge in [0, 0.05) is 6.20 Å². The van der Waals surface area contributed by atoms with Gasteiger partial charge < -0.3 is 8.98 Å². The van der Waals surface area contributed by atoms with Crippen LogP contribution in [0.4, 0.5) is 0 Å². The molecule has 0 radical (unpaired) electrons. The number of aromatic nitrogens is 1. The van der Waals surface area contributed by atoms with Crippen LogP contribution in [0.25, 0.3) is 0 Å². The zero-order valence-electron chi connectivity index (χ0n) is 10.1. The zero-order chi connectivity index (χ0) is 14.0. The van der Waals surface area contributed by atoms with Gasteiger partial charge >= 0.3 is 0 Å². The van der Waals surface area contributed by atoms with Gasteiger partial charge in [0.25, 0.3) is 11.5 Å². The maximum absolute atomic E-state index is 11.8. The van der Waals surface area contributed by atoms with Gasteiger partial charge in [-0.3, -0.25) is 15.0 Å². The summed E-state index contributed by atoms with van der Waals surface area (Å²) in [5.74, 6) is 5.62. The predicted molar refractivity (Wildman–Crippen MR) is 72.6 cm³/mol. The molecule has 0 fully saturated rings. The van der Waals surface area contributed by atoms with Gasteiger partial charge in [0.2, 0.25) is 0 Å². The van der Waals surface area contributed by atoms with E-state index in [-0.39, 0.29) is 12.1 Å². The molecule has 19 heavy (non-hydrogen) atoms. The number of furan rings is 1. The Bertz CT molecular complexity index is 675. The summed E-state index contributed by atoms with van der Waals surface area (Å²) in [5, 5.41) is 0. The van der Waals surface area contributed by atoms with E-state index < -0.39 is 5.91 Å². The molecule has 2 heterocycles. The van der Waals surface area contributed by atoms with E-state index in [1.54, 1.807) is 31.3 Å². The molecule has 0 saturated heterocycles. The van der Waals surface area contributed by atoms with E-state index in [9.17, 15) is 9.59 Å². The van der Waals surface area contributed by atoms with Crippen LogP contribution in [0.3, 0.4) is 0 Å². The number of nitrogen functional groups attached to an aromatic ring is 1. The van der Waals surface area contributed by atoms with Crippen LogP contribution in [0.2, 0.25) is 0 Å². The van der Waals surface area contributed by atoms with E-state index in [0.29, 0.717) is 21.6 Å². The van der Waals surface area contributed by atoms with Gasteiger partial charge in [0.15, 0.2) is 0 Å². The number of hydrogen-bond donors (Lipinski definition) is 2. The van der Waals surface area contributed by atoms with E-state index in [4.69, 9.17) is 10.3 Å². The summed E-state index contributed by atoms with van der Waals surface area (Å²) < 4.78 is 7.39. The lowest BCUT2D eigenvalue weighted by Crippen LogP contribution is -2.30. The molecule has 0 saturated carbocycles. The van der Waals surface area contributed by atoms with Crippen molar-refractivity contribution in [2.75, 3.05) is 0 Å². The number of hydrogen-bond acceptors (Lipinski definition) is 4. The maximum Gasteiger partial charge on any atom is 0.268 e. The third kappa shape index (κ3) is 2.77. The topological polar surface area (TPSA) is 90.3 Å². The Morgan fingerprint density at radius 3 is 3.00 bits per heavy atom. The first-order valence-electron chi connectivity index (χ1n) is 5.48. The lowest BCUT2D eigenvalue weighted by molar-refractivity contribution is 0.0952. The molecule has 0 aliphatic carbocycles. The second-order valence-corrected chi connectivity index (χ2v) is 4.80. The third-order valence-electron chi connectivity index (χ3n) is 2.64. The van der Waals surface area contributed by atoms with Gasteiger partial charge in [0.05, 0.1) is 16.6 Å². The quantitative estimate of drug-likeness (QED) is 0.503. The van der Waals surface area contributed by atoms with Gasteiger partial charge in [-0.2, -0.15) is 0 Å². The third-order valence-corrected chi connectivity index (χ3v) is 3.25. The van der Waals surface area contributed by atoms with Gasteiger partial charge in [-0.15, -0.1) is 0 Å².